The van der Waals surface area contributed by atoms with E-state index in [2.05, 4.69) is 10.2 Å². The van der Waals surface area contributed by atoms with E-state index < -0.39 is 37.9 Å². The number of halogens is 4. The number of nitrogens with zero attached hydrogens (tertiary/aromatic N) is 3. The van der Waals surface area contributed by atoms with Crippen molar-refractivity contribution >= 4 is 33.2 Å². The molecule has 6 nitrogen and oxygen atoms in total. The minimum atomic E-state index is -4.84. The molecule has 0 saturated carbocycles. The zero-order chi connectivity index (χ0) is 23.0. The third kappa shape index (κ3) is 5.02. The Morgan fingerprint density at radius 2 is 1.68 bits per heavy atom. The van der Waals surface area contributed by atoms with Gasteiger partial charge in [-0.3, -0.25) is 9.69 Å². The molecule has 0 fully saturated rings. The SMILES string of the molecule is CN(C(=O)c1cc(C(F)(F)F)cc(S(C)(=O)=O)c1)c1nnc(Cl)cc1-c1ccccc1. The van der Waals surface area contributed by atoms with Crippen molar-refractivity contribution in [3.05, 3.63) is 70.9 Å². The van der Waals surface area contributed by atoms with Gasteiger partial charge in [-0.1, -0.05) is 41.9 Å². The summed E-state index contributed by atoms with van der Waals surface area (Å²) in [6.45, 7) is 0. The Balaban J connectivity index is 2.13. The molecule has 1 aromatic heterocycles. The van der Waals surface area contributed by atoms with E-state index in [1.165, 1.54) is 13.1 Å². The topological polar surface area (TPSA) is 80.2 Å². The van der Waals surface area contributed by atoms with E-state index in [4.69, 9.17) is 11.6 Å². The Kier molecular flexibility index (Phi) is 6.06. The third-order valence-corrected chi connectivity index (χ3v) is 5.64. The maximum atomic E-state index is 13.3. The second-order valence-electron chi connectivity index (χ2n) is 6.65. The Hall–Kier alpha value is -2.98. The summed E-state index contributed by atoms with van der Waals surface area (Å²) in [5.41, 5.74) is -0.646. The van der Waals surface area contributed by atoms with Crippen molar-refractivity contribution < 1.29 is 26.4 Å². The maximum absolute atomic E-state index is 13.3. The van der Waals surface area contributed by atoms with Crippen LogP contribution in [0, 0.1) is 0 Å². The van der Waals surface area contributed by atoms with Crippen LogP contribution in [0.1, 0.15) is 15.9 Å². The molecule has 0 bridgehead atoms. The minimum absolute atomic E-state index is 0.0407. The van der Waals surface area contributed by atoms with Crippen LogP contribution in [0.2, 0.25) is 5.15 Å². The molecule has 11 heteroatoms. The number of aromatic nitrogens is 2. The molecule has 0 saturated heterocycles. The van der Waals surface area contributed by atoms with Gasteiger partial charge in [0.05, 0.1) is 10.5 Å². The van der Waals surface area contributed by atoms with Crippen LogP contribution in [0.25, 0.3) is 11.1 Å². The number of anilines is 1. The second-order valence-corrected chi connectivity index (χ2v) is 9.05. The molecule has 3 aromatic rings. The molecule has 1 heterocycles. The van der Waals surface area contributed by atoms with Crippen LogP contribution < -0.4 is 4.90 Å². The largest absolute Gasteiger partial charge is 0.416 e. The lowest BCUT2D eigenvalue weighted by atomic mass is 10.1. The monoisotopic (exact) mass is 469 g/mol. The molecule has 0 aliphatic rings. The van der Waals surface area contributed by atoms with Crippen LogP contribution >= 0.6 is 11.6 Å². The van der Waals surface area contributed by atoms with Gasteiger partial charge in [0.1, 0.15) is 0 Å². The summed E-state index contributed by atoms with van der Waals surface area (Å²) in [5.74, 6) is -0.858. The van der Waals surface area contributed by atoms with Gasteiger partial charge >= 0.3 is 6.18 Å². The normalized spacial score (nSPS) is 11.9. The standard InChI is InChI=1S/C20H15ClF3N3O3S/c1-27(18-16(11-17(21)25-26-18)12-6-4-3-5-7-12)19(28)13-8-14(20(22,23)24)10-15(9-13)31(2,29)30/h3-11H,1-2H3. The zero-order valence-electron chi connectivity index (χ0n) is 16.2. The first-order chi connectivity index (χ1) is 14.4. The fourth-order valence-electron chi connectivity index (χ4n) is 2.83. The number of benzene rings is 2. The number of alkyl halides is 3. The van der Waals surface area contributed by atoms with Gasteiger partial charge in [0, 0.05) is 24.4 Å². The number of rotatable bonds is 4. The molecule has 0 radical (unpaired) electrons. The molecule has 0 aliphatic heterocycles. The Labute approximate surface area is 181 Å². The van der Waals surface area contributed by atoms with Crippen molar-refractivity contribution in [1.82, 2.24) is 10.2 Å². The predicted octanol–water partition coefficient (Wildman–Crippen LogP) is 4.50. The molecule has 0 spiro atoms. The van der Waals surface area contributed by atoms with Crippen LogP contribution in [-0.4, -0.2) is 37.8 Å². The quantitative estimate of drug-likeness (QED) is 0.562. The molecule has 0 atom stereocenters. The van der Waals surface area contributed by atoms with E-state index in [1.807, 2.05) is 0 Å². The van der Waals surface area contributed by atoms with E-state index in [1.54, 1.807) is 30.3 Å². The summed E-state index contributed by atoms with van der Waals surface area (Å²) in [7, 11) is -2.71. The average Bonchev–Trinajstić information content (AvgIpc) is 2.71. The van der Waals surface area contributed by atoms with Gasteiger partial charge in [-0.15, -0.1) is 10.2 Å². The number of carbonyl (C=O) groups excluding carboxylic acids is 1. The fourth-order valence-corrected chi connectivity index (χ4v) is 3.66. The lowest BCUT2D eigenvalue weighted by Crippen LogP contribution is -2.28. The lowest BCUT2D eigenvalue weighted by molar-refractivity contribution is -0.137. The summed E-state index contributed by atoms with van der Waals surface area (Å²) in [5, 5.41) is 7.71. The van der Waals surface area contributed by atoms with Gasteiger partial charge in [-0.2, -0.15) is 13.2 Å². The fraction of sp³-hybridized carbons (Fsp3) is 0.150. The molecule has 0 N–H and O–H groups in total. The minimum Gasteiger partial charge on any atom is -0.294 e. The lowest BCUT2D eigenvalue weighted by Gasteiger charge is -2.20. The van der Waals surface area contributed by atoms with Crippen molar-refractivity contribution in [3.63, 3.8) is 0 Å². The highest BCUT2D eigenvalue weighted by atomic mass is 35.5. The number of hydrogen-bond acceptors (Lipinski definition) is 5. The summed E-state index contributed by atoms with van der Waals surface area (Å²) >= 11 is 5.94. The van der Waals surface area contributed by atoms with E-state index in [0.717, 1.165) is 17.2 Å². The van der Waals surface area contributed by atoms with Crippen LogP contribution in [0.15, 0.2) is 59.5 Å². The summed E-state index contributed by atoms with van der Waals surface area (Å²) in [6.07, 6.45) is -4.08. The summed E-state index contributed by atoms with van der Waals surface area (Å²) < 4.78 is 63.6. The van der Waals surface area contributed by atoms with Gasteiger partial charge in [0.2, 0.25) is 0 Å². The first-order valence-electron chi connectivity index (χ1n) is 8.67. The molecule has 3 rings (SSSR count). The van der Waals surface area contributed by atoms with Crippen molar-refractivity contribution in [3.8, 4) is 11.1 Å². The molecule has 162 valence electrons. The number of hydrogen-bond donors (Lipinski definition) is 0. The Morgan fingerprint density at radius 3 is 2.26 bits per heavy atom. The first kappa shape index (κ1) is 22.7. The van der Waals surface area contributed by atoms with Gasteiger partial charge in [0.15, 0.2) is 20.8 Å². The van der Waals surface area contributed by atoms with Crippen LogP contribution in [-0.2, 0) is 16.0 Å². The van der Waals surface area contributed by atoms with E-state index in [9.17, 15) is 26.4 Å². The van der Waals surface area contributed by atoms with Crippen molar-refractivity contribution in [1.29, 1.82) is 0 Å². The summed E-state index contributed by atoms with van der Waals surface area (Å²) in [4.78, 5) is 13.4. The highest BCUT2D eigenvalue weighted by molar-refractivity contribution is 7.90. The number of carbonyl (C=O) groups is 1. The predicted molar refractivity (Wildman–Crippen MR) is 110 cm³/mol. The molecule has 0 aliphatic carbocycles. The van der Waals surface area contributed by atoms with E-state index >= 15 is 0 Å². The second kappa shape index (κ2) is 8.27. The molecular weight excluding hydrogens is 455 g/mol. The molecule has 31 heavy (non-hydrogen) atoms. The number of sulfone groups is 1. The highest BCUT2D eigenvalue weighted by Gasteiger charge is 2.33. The zero-order valence-corrected chi connectivity index (χ0v) is 17.8. The van der Waals surface area contributed by atoms with E-state index in [0.29, 0.717) is 23.3 Å². The highest BCUT2D eigenvalue weighted by Crippen LogP contribution is 2.34. The van der Waals surface area contributed by atoms with Gasteiger partial charge in [-0.25, -0.2) is 8.42 Å². The van der Waals surface area contributed by atoms with Crippen LogP contribution in [0.4, 0.5) is 19.0 Å². The van der Waals surface area contributed by atoms with Gasteiger partial charge < -0.3 is 0 Å². The van der Waals surface area contributed by atoms with Crippen LogP contribution in [0.5, 0.6) is 0 Å². The average molecular weight is 470 g/mol. The van der Waals surface area contributed by atoms with Crippen molar-refractivity contribution in [2.24, 2.45) is 0 Å². The maximum Gasteiger partial charge on any atom is 0.416 e. The third-order valence-electron chi connectivity index (χ3n) is 4.36. The molecular formula is C20H15ClF3N3O3S. The van der Waals surface area contributed by atoms with E-state index in [-0.39, 0.29) is 11.0 Å². The summed E-state index contributed by atoms with van der Waals surface area (Å²) in [6, 6.07) is 12.2. The van der Waals surface area contributed by atoms with Crippen molar-refractivity contribution in [2.75, 3.05) is 18.2 Å². The Morgan fingerprint density at radius 1 is 1.03 bits per heavy atom. The van der Waals surface area contributed by atoms with Crippen molar-refractivity contribution in [2.45, 2.75) is 11.1 Å². The van der Waals surface area contributed by atoms with Gasteiger partial charge in [0.25, 0.3) is 5.91 Å². The molecule has 0 unspecified atom stereocenters. The molecule has 1 amide bonds. The van der Waals surface area contributed by atoms with Gasteiger partial charge in [-0.05, 0) is 29.8 Å². The number of amides is 1. The smallest absolute Gasteiger partial charge is 0.294 e. The van der Waals surface area contributed by atoms with Crippen LogP contribution in [0.3, 0.4) is 0 Å². The Bertz CT molecular complexity index is 1250. The first-order valence-corrected chi connectivity index (χ1v) is 10.9. The molecule has 2 aromatic carbocycles.